The Labute approximate surface area is 207 Å². The van der Waals surface area contributed by atoms with Gasteiger partial charge in [0.05, 0.1) is 12.2 Å². The van der Waals surface area contributed by atoms with E-state index >= 15 is 0 Å². The molecular weight excluding hydrogens is 517 g/mol. The van der Waals surface area contributed by atoms with Crippen LogP contribution in [0.1, 0.15) is 49.5 Å². The second-order valence-electron chi connectivity index (χ2n) is 7.59. The van der Waals surface area contributed by atoms with Gasteiger partial charge >= 0.3 is 0 Å². The van der Waals surface area contributed by atoms with Crippen molar-refractivity contribution in [2.24, 2.45) is 4.99 Å². The van der Waals surface area contributed by atoms with E-state index in [9.17, 15) is 0 Å². The van der Waals surface area contributed by atoms with E-state index in [1.165, 1.54) is 5.69 Å². The van der Waals surface area contributed by atoms with Gasteiger partial charge < -0.3 is 15.2 Å². The van der Waals surface area contributed by atoms with Crippen LogP contribution in [0.25, 0.3) is 11.5 Å². The molecule has 8 nitrogen and oxygen atoms in total. The molecule has 0 aliphatic carbocycles. The van der Waals surface area contributed by atoms with Gasteiger partial charge in [-0.2, -0.15) is 10.1 Å². The molecule has 2 heterocycles. The minimum absolute atomic E-state index is 0. The molecule has 32 heavy (non-hydrogen) atoms. The summed E-state index contributed by atoms with van der Waals surface area (Å²) in [6.07, 6.45) is 2.79. The number of hydrogen-bond acceptors (Lipinski definition) is 5. The first-order valence-electron chi connectivity index (χ1n) is 11.0. The Morgan fingerprint density at radius 2 is 2.00 bits per heavy atom. The Morgan fingerprint density at radius 3 is 2.72 bits per heavy atom. The summed E-state index contributed by atoms with van der Waals surface area (Å²) in [4.78, 5) is 9.20. The standard InChI is InChI=1S/C23H33N7O.HI/c1-5-9-21-27-22(31-29-21)20-11-7-10-19(15-20)16-26-23(24-6-2)25-12-8-13-30-18(4)14-17(3)28-30;/h7,10-11,14-15H,5-6,8-9,12-13,16H2,1-4H3,(H2,24,25,26);1H. The molecule has 0 spiro atoms. The summed E-state index contributed by atoms with van der Waals surface area (Å²) in [6, 6.07) is 10.2. The fourth-order valence-corrected chi connectivity index (χ4v) is 3.35. The molecule has 2 N–H and O–H groups in total. The summed E-state index contributed by atoms with van der Waals surface area (Å²) in [5, 5.41) is 15.3. The Balaban J connectivity index is 0.00000363. The predicted molar refractivity (Wildman–Crippen MR) is 138 cm³/mol. The van der Waals surface area contributed by atoms with Gasteiger partial charge in [-0.25, -0.2) is 4.99 Å². The smallest absolute Gasteiger partial charge is 0.257 e. The van der Waals surface area contributed by atoms with Crippen molar-refractivity contribution < 1.29 is 4.52 Å². The number of hydrogen-bond donors (Lipinski definition) is 2. The second kappa shape index (κ2) is 13.2. The zero-order valence-electron chi connectivity index (χ0n) is 19.4. The highest BCUT2D eigenvalue weighted by Crippen LogP contribution is 2.19. The summed E-state index contributed by atoms with van der Waals surface area (Å²) < 4.78 is 7.46. The number of halogens is 1. The number of nitrogens with one attached hydrogen (secondary N) is 2. The highest BCUT2D eigenvalue weighted by Gasteiger charge is 2.09. The van der Waals surface area contributed by atoms with E-state index in [-0.39, 0.29) is 24.0 Å². The van der Waals surface area contributed by atoms with E-state index in [0.717, 1.165) is 67.5 Å². The topological polar surface area (TPSA) is 93.2 Å². The van der Waals surface area contributed by atoms with Crippen molar-refractivity contribution in [1.82, 2.24) is 30.6 Å². The third kappa shape index (κ3) is 7.61. The van der Waals surface area contributed by atoms with Gasteiger partial charge in [0.1, 0.15) is 0 Å². The van der Waals surface area contributed by atoms with Crippen LogP contribution in [0.3, 0.4) is 0 Å². The Kier molecular flexibility index (Phi) is 10.6. The molecule has 2 aromatic heterocycles. The second-order valence-corrected chi connectivity index (χ2v) is 7.59. The van der Waals surface area contributed by atoms with Crippen LogP contribution in [0, 0.1) is 13.8 Å². The van der Waals surface area contributed by atoms with Crippen molar-refractivity contribution in [3.05, 3.63) is 53.1 Å². The maximum absolute atomic E-state index is 5.41. The molecule has 1 aromatic carbocycles. The molecule has 0 saturated heterocycles. The SMILES string of the molecule is CCCc1noc(-c2cccc(CN=C(NCC)NCCCn3nc(C)cc3C)c2)n1.I. The Hall–Kier alpha value is -2.43. The number of aryl methyl sites for hydroxylation is 4. The lowest BCUT2D eigenvalue weighted by molar-refractivity contribution is 0.422. The first kappa shape index (κ1) is 25.8. The molecule has 0 atom stereocenters. The van der Waals surface area contributed by atoms with Crippen molar-refractivity contribution in [1.29, 1.82) is 0 Å². The number of aromatic nitrogens is 4. The third-order valence-electron chi connectivity index (χ3n) is 4.82. The van der Waals surface area contributed by atoms with Crippen LogP contribution in [-0.4, -0.2) is 39.0 Å². The van der Waals surface area contributed by atoms with Gasteiger partial charge in [-0.05, 0) is 57.4 Å². The van der Waals surface area contributed by atoms with E-state index in [0.29, 0.717) is 12.4 Å². The van der Waals surface area contributed by atoms with Crippen LogP contribution >= 0.6 is 24.0 Å². The van der Waals surface area contributed by atoms with Crippen LogP contribution in [0.15, 0.2) is 39.8 Å². The summed E-state index contributed by atoms with van der Waals surface area (Å²) in [5.74, 6) is 2.12. The normalized spacial score (nSPS) is 11.3. The fourth-order valence-electron chi connectivity index (χ4n) is 3.35. The summed E-state index contributed by atoms with van der Waals surface area (Å²) in [5.41, 5.74) is 4.27. The first-order chi connectivity index (χ1) is 15.1. The third-order valence-corrected chi connectivity index (χ3v) is 4.82. The first-order valence-corrected chi connectivity index (χ1v) is 11.0. The molecule has 0 fully saturated rings. The van der Waals surface area contributed by atoms with Crippen LogP contribution < -0.4 is 10.6 Å². The molecule has 0 bridgehead atoms. The molecule has 0 amide bonds. The number of benzene rings is 1. The molecule has 3 aromatic rings. The zero-order valence-corrected chi connectivity index (χ0v) is 21.7. The van der Waals surface area contributed by atoms with Gasteiger partial charge in [-0.15, -0.1) is 24.0 Å². The van der Waals surface area contributed by atoms with E-state index in [1.807, 2.05) is 19.1 Å². The quantitative estimate of drug-likeness (QED) is 0.169. The van der Waals surface area contributed by atoms with Gasteiger partial charge in [0, 0.05) is 37.3 Å². The predicted octanol–water partition coefficient (Wildman–Crippen LogP) is 4.27. The molecule has 0 radical (unpaired) electrons. The molecule has 0 unspecified atom stereocenters. The molecular formula is C23H34IN7O. The number of rotatable bonds is 10. The number of aliphatic imine (C=N–C) groups is 1. The van der Waals surface area contributed by atoms with Crippen LogP contribution in [0.5, 0.6) is 0 Å². The largest absolute Gasteiger partial charge is 0.357 e. The van der Waals surface area contributed by atoms with Gasteiger partial charge in [0.2, 0.25) is 0 Å². The summed E-state index contributed by atoms with van der Waals surface area (Å²) in [7, 11) is 0. The highest BCUT2D eigenvalue weighted by atomic mass is 127. The van der Waals surface area contributed by atoms with Crippen LogP contribution in [0.2, 0.25) is 0 Å². The monoisotopic (exact) mass is 551 g/mol. The summed E-state index contributed by atoms with van der Waals surface area (Å²) >= 11 is 0. The lowest BCUT2D eigenvalue weighted by Crippen LogP contribution is -2.38. The Morgan fingerprint density at radius 1 is 1.16 bits per heavy atom. The van der Waals surface area contributed by atoms with E-state index in [2.05, 4.69) is 69.5 Å². The molecule has 0 aliphatic rings. The number of nitrogens with zero attached hydrogens (tertiary/aromatic N) is 5. The maximum atomic E-state index is 5.41. The fraction of sp³-hybridized carbons (Fsp3) is 0.478. The van der Waals surface area contributed by atoms with Crippen LogP contribution in [-0.2, 0) is 19.5 Å². The van der Waals surface area contributed by atoms with Crippen molar-refractivity contribution >= 4 is 29.9 Å². The van der Waals surface area contributed by atoms with Crippen molar-refractivity contribution in [3.8, 4) is 11.5 Å². The molecule has 0 aliphatic heterocycles. The zero-order chi connectivity index (χ0) is 22.1. The number of guanidine groups is 1. The minimum Gasteiger partial charge on any atom is -0.357 e. The molecule has 9 heteroatoms. The minimum atomic E-state index is 0. The van der Waals surface area contributed by atoms with Gasteiger partial charge in [-0.1, -0.05) is 24.2 Å². The van der Waals surface area contributed by atoms with Crippen molar-refractivity contribution in [2.45, 2.75) is 60.0 Å². The average Bonchev–Trinajstić information content (AvgIpc) is 3.35. The van der Waals surface area contributed by atoms with E-state index < -0.39 is 0 Å². The van der Waals surface area contributed by atoms with Gasteiger partial charge in [0.25, 0.3) is 5.89 Å². The Bertz CT molecular complexity index is 996. The van der Waals surface area contributed by atoms with E-state index in [1.54, 1.807) is 0 Å². The van der Waals surface area contributed by atoms with Crippen molar-refractivity contribution in [3.63, 3.8) is 0 Å². The molecule has 174 valence electrons. The van der Waals surface area contributed by atoms with Crippen molar-refractivity contribution in [2.75, 3.05) is 13.1 Å². The van der Waals surface area contributed by atoms with E-state index in [4.69, 9.17) is 9.52 Å². The van der Waals surface area contributed by atoms with Crippen LogP contribution in [0.4, 0.5) is 0 Å². The van der Waals surface area contributed by atoms with Gasteiger partial charge in [-0.3, -0.25) is 4.68 Å². The highest BCUT2D eigenvalue weighted by molar-refractivity contribution is 14.0. The lowest BCUT2D eigenvalue weighted by Gasteiger charge is -2.12. The maximum Gasteiger partial charge on any atom is 0.257 e. The van der Waals surface area contributed by atoms with Gasteiger partial charge in [0.15, 0.2) is 11.8 Å². The molecule has 0 saturated carbocycles. The molecule has 3 rings (SSSR count). The summed E-state index contributed by atoms with van der Waals surface area (Å²) in [6.45, 7) is 11.4. The average molecular weight is 551 g/mol. The lowest BCUT2D eigenvalue weighted by atomic mass is 10.1.